The molecule has 0 aliphatic heterocycles. The summed E-state index contributed by atoms with van der Waals surface area (Å²) in [5.41, 5.74) is 2.04. The molecule has 0 spiro atoms. The lowest BCUT2D eigenvalue weighted by atomic mass is 9.39. The number of rotatable bonds is 7. The molecule has 0 heterocycles. The Morgan fingerprint density at radius 2 is 1.67 bits per heavy atom. The molecule has 3 unspecified atom stereocenters. The minimum Gasteiger partial charge on any atom is -0.314 e. The lowest BCUT2D eigenvalue weighted by Gasteiger charge is -2.66. The van der Waals surface area contributed by atoms with Crippen molar-refractivity contribution in [2.24, 2.45) is 22.2 Å². The van der Waals surface area contributed by atoms with Crippen LogP contribution in [-0.2, 0) is 0 Å². The van der Waals surface area contributed by atoms with Crippen molar-refractivity contribution in [1.29, 1.82) is 0 Å². The Morgan fingerprint density at radius 3 is 2.19 bits per heavy atom. The maximum absolute atomic E-state index is 3.82. The topological polar surface area (TPSA) is 12.0 Å². The first-order chi connectivity index (χ1) is 9.90. The highest BCUT2D eigenvalue weighted by molar-refractivity contribution is 5.10. The highest BCUT2D eigenvalue weighted by atomic mass is 14.9. The Labute approximate surface area is 132 Å². The number of unbranched alkanes of at least 4 members (excludes halogenated alkanes) is 1. The van der Waals surface area contributed by atoms with Gasteiger partial charge in [0, 0.05) is 6.04 Å². The minimum atomic E-state index is 0.676. The molecule has 4 aliphatic carbocycles. The first-order valence-corrected chi connectivity index (χ1v) is 9.63. The predicted octanol–water partition coefficient (Wildman–Crippen LogP) is 5.54. The summed E-state index contributed by atoms with van der Waals surface area (Å²) in [5, 5.41) is 3.82. The van der Waals surface area contributed by atoms with Crippen molar-refractivity contribution in [3.63, 3.8) is 0 Å². The molecule has 0 aromatic heterocycles. The summed E-state index contributed by atoms with van der Waals surface area (Å²) < 4.78 is 0. The van der Waals surface area contributed by atoms with Gasteiger partial charge in [-0.15, -0.1) is 0 Å². The van der Waals surface area contributed by atoms with Crippen molar-refractivity contribution < 1.29 is 0 Å². The van der Waals surface area contributed by atoms with Crippen molar-refractivity contribution in [2.45, 2.75) is 97.9 Å². The zero-order valence-electron chi connectivity index (χ0n) is 14.9. The molecule has 0 amide bonds. The highest BCUT2D eigenvalue weighted by Gasteiger charge is 2.59. The van der Waals surface area contributed by atoms with E-state index in [9.17, 15) is 0 Å². The van der Waals surface area contributed by atoms with Crippen LogP contribution in [0.15, 0.2) is 0 Å². The molecule has 4 bridgehead atoms. The van der Waals surface area contributed by atoms with Crippen LogP contribution in [0, 0.1) is 22.2 Å². The second-order valence-corrected chi connectivity index (χ2v) is 9.73. The van der Waals surface area contributed by atoms with Gasteiger partial charge in [-0.2, -0.15) is 0 Å². The Bertz CT molecular complexity index is 356. The third kappa shape index (κ3) is 3.19. The molecular formula is C20H37N. The van der Waals surface area contributed by atoms with E-state index in [-0.39, 0.29) is 0 Å². The van der Waals surface area contributed by atoms with E-state index in [0.29, 0.717) is 16.2 Å². The van der Waals surface area contributed by atoms with Gasteiger partial charge in [0.1, 0.15) is 0 Å². The molecule has 1 nitrogen and oxygen atoms in total. The fourth-order valence-corrected chi connectivity index (χ4v) is 7.45. The van der Waals surface area contributed by atoms with Gasteiger partial charge in [0.2, 0.25) is 0 Å². The quantitative estimate of drug-likeness (QED) is 0.649. The normalized spacial score (nSPS) is 46.0. The molecule has 0 radical (unpaired) electrons. The van der Waals surface area contributed by atoms with E-state index in [4.69, 9.17) is 0 Å². The lowest BCUT2D eigenvalue weighted by Crippen LogP contribution is -2.56. The molecule has 4 fully saturated rings. The Hall–Kier alpha value is -0.0400. The van der Waals surface area contributed by atoms with Gasteiger partial charge >= 0.3 is 0 Å². The van der Waals surface area contributed by atoms with Crippen molar-refractivity contribution in [1.82, 2.24) is 5.32 Å². The van der Waals surface area contributed by atoms with Gasteiger partial charge in [-0.1, -0.05) is 40.5 Å². The van der Waals surface area contributed by atoms with E-state index in [0.717, 1.165) is 18.5 Å². The third-order valence-corrected chi connectivity index (χ3v) is 6.82. The van der Waals surface area contributed by atoms with Gasteiger partial charge in [0.15, 0.2) is 0 Å². The summed E-state index contributed by atoms with van der Waals surface area (Å²) >= 11 is 0. The van der Waals surface area contributed by atoms with Crippen LogP contribution in [0.25, 0.3) is 0 Å². The van der Waals surface area contributed by atoms with Crippen LogP contribution in [-0.4, -0.2) is 12.6 Å². The molecule has 122 valence electrons. The van der Waals surface area contributed by atoms with Gasteiger partial charge in [0.25, 0.3) is 0 Å². The first-order valence-electron chi connectivity index (χ1n) is 9.63. The fraction of sp³-hybridized carbons (Fsp3) is 1.00. The maximum Gasteiger partial charge on any atom is 0.00722 e. The van der Waals surface area contributed by atoms with E-state index in [2.05, 4.69) is 33.0 Å². The maximum atomic E-state index is 3.82. The predicted molar refractivity (Wildman–Crippen MR) is 91.4 cm³/mol. The van der Waals surface area contributed by atoms with E-state index in [1.807, 2.05) is 0 Å². The van der Waals surface area contributed by atoms with E-state index >= 15 is 0 Å². The average Bonchev–Trinajstić information content (AvgIpc) is 2.31. The molecule has 1 N–H and O–H groups in total. The molecule has 3 atom stereocenters. The lowest BCUT2D eigenvalue weighted by molar-refractivity contribution is -0.150. The minimum absolute atomic E-state index is 0.676. The Balaban J connectivity index is 1.74. The van der Waals surface area contributed by atoms with Gasteiger partial charge in [0.05, 0.1) is 0 Å². The second kappa shape index (κ2) is 5.55. The molecule has 0 aromatic carbocycles. The molecule has 0 aromatic rings. The average molecular weight is 292 g/mol. The summed E-state index contributed by atoms with van der Waals surface area (Å²) in [5.74, 6) is 1.05. The first kappa shape index (κ1) is 15.8. The van der Waals surface area contributed by atoms with E-state index in [1.165, 1.54) is 57.8 Å². The summed E-state index contributed by atoms with van der Waals surface area (Å²) in [7, 11) is 0. The van der Waals surface area contributed by atoms with E-state index in [1.54, 1.807) is 6.42 Å². The van der Waals surface area contributed by atoms with Crippen LogP contribution in [0.2, 0.25) is 0 Å². The number of hydrogen-bond acceptors (Lipinski definition) is 1. The van der Waals surface area contributed by atoms with Crippen LogP contribution in [0.3, 0.4) is 0 Å². The molecule has 4 rings (SSSR count). The summed E-state index contributed by atoms with van der Waals surface area (Å²) in [4.78, 5) is 0. The summed E-state index contributed by atoms with van der Waals surface area (Å²) in [6.07, 6.45) is 14.8. The molecule has 21 heavy (non-hydrogen) atoms. The zero-order chi connectivity index (χ0) is 15.1. The molecule has 1 heteroatoms. The Morgan fingerprint density at radius 1 is 1.00 bits per heavy atom. The van der Waals surface area contributed by atoms with Gasteiger partial charge in [-0.05, 0) is 80.1 Å². The zero-order valence-corrected chi connectivity index (χ0v) is 14.9. The monoisotopic (exact) mass is 291 g/mol. The van der Waals surface area contributed by atoms with Crippen molar-refractivity contribution in [3.05, 3.63) is 0 Å². The van der Waals surface area contributed by atoms with E-state index < -0.39 is 0 Å². The van der Waals surface area contributed by atoms with Crippen molar-refractivity contribution in [2.75, 3.05) is 6.54 Å². The number of hydrogen-bond donors (Lipinski definition) is 1. The van der Waals surface area contributed by atoms with Gasteiger partial charge in [-0.25, -0.2) is 0 Å². The Kier molecular flexibility index (Phi) is 4.19. The second-order valence-electron chi connectivity index (χ2n) is 9.73. The van der Waals surface area contributed by atoms with Crippen LogP contribution < -0.4 is 5.32 Å². The van der Waals surface area contributed by atoms with Crippen LogP contribution in [0.4, 0.5) is 0 Å². The molecule has 4 saturated carbocycles. The largest absolute Gasteiger partial charge is 0.314 e. The third-order valence-electron chi connectivity index (χ3n) is 6.82. The highest BCUT2D eigenvalue weighted by Crippen LogP contribution is 2.70. The SMILES string of the molecule is CCCCC(CC12CC3CC(C)(CC(C)(C3)C1)C2)NCC. The summed E-state index contributed by atoms with van der Waals surface area (Å²) in [6.45, 7) is 11.0. The number of nitrogens with one attached hydrogen (secondary N) is 1. The molecular weight excluding hydrogens is 254 g/mol. The van der Waals surface area contributed by atoms with Gasteiger partial charge in [-0.3, -0.25) is 0 Å². The smallest absolute Gasteiger partial charge is 0.00722 e. The van der Waals surface area contributed by atoms with Crippen molar-refractivity contribution in [3.8, 4) is 0 Å². The fourth-order valence-electron chi connectivity index (χ4n) is 7.45. The van der Waals surface area contributed by atoms with Crippen molar-refractivity contribution >= 4 is 0 Å². The van der Waals surface area contributed by atoms with Crippen LogP contribution >= 0.6 is 0 Å². The van der Waals surface area contributed by atoms with Crippen LogP contribution in [0.1, 0.15) is 91.9 Å². The molecule has 4 aliphatic rings. The van der Waals surface area contributed by atoms with Crippen LogP contribution in [0.5, 0.6) is 0 Å². The molecule has 0 saturated heterocycles. The summed E-state index contributed by atoms with van der Waals surface area (Å²) in [6, 6.07) is 0.776. The van der Waals surface area contributed by atoms with Gasteiger partial charge < -0.3 is 5.32 Å². The standard InChI is InChI=1S/C20H37N/c1-5-7-8-17(21-6-2)12-20-11-16-9-18(3,14-20)13-19(4,10-16)15-20/h16-17,21H,5-15H2,1-4H3.